The van der Waals surface area contributed by atoms with Gasteiger partial charge in [0.2, 0.25) is 0 Å². The summed E-state index contributed by atoms with van der Waals surface area (Å²) in [5.41, 5.74) is 0.584. The summed E-state index contributed by atoms with van der Waals surface area (Å²) < 4.78 is 6.67. The summed E-state index contributed by atoms with van der Waals surface area (Å²) in [7, 11) is -1.73. The molecule has 0 radical (unpaired) electrons. The van der Waals surface area contributed by atoms with Crippen molar-refractivity contribution in [1.82, 2.24) is 0 Å². The van der Waals surface area contributed by atoms with Crippen molar-refractivity contribution in [1.29, 1.82) is 0 Å². The molecule has 0 bridgehead atoms. The van der Waals surface area contributed by atoms with Crippen LogP contribution in [0.2, 0.25) is 18.1 Å². The van der Waals surface area contributed by atoms with Gasteiger partial charge in [-0.05, 0) is 103 Å². The van der Waals surface area contributed by atoms with Gasteiger partial charge in [-0.2, -0.15) is 0 Å². The summed E-state index contributed by atoms with van der Waals surface area (Å²) in [5, 5.41) is 11.7. The van der Waals surface area contributed by atoms with Crippen LogP contribution in [0.3, 0.4) is 0 Å². The molecule has 4 rings (SSSR count). The molecule has 0 amide bonds. The predicted molar refractivity (Wildman–Crippen MR) is 134 cm³/mol. The van der Waals surface area contributed by atoms with E-state index in [1.165, 1.54) is 25.7 Å². The van der Waals surface area contributed by atoms with E-state index in [9.17, 15) is 9.90 Å². The van der Waals surface area contributed by atoms with E-state index in [0.29, 0.717) is 53.1 Å². The molecule has 0 spiro atoms. The highest BCUT2D eigenvalue weighted by molar-refractivity contribution is 6.74. The third-order valence-corrected chi connectivity index (χ3v) is 16.3. The quantitative estimate of drug-likeness (QED) is 0.465. The van der Waals surface area contributed by atoms with Gasteiger partial charge in [0.05, 0.1) is 6.10 Å². The number of ketones is 1. The number of fused-ring (bicyclic) bond motifs is 5. The van der Waals surface area contributed by atoms with E-state index in [0.717, 1.165) is 25.9 Å². The van der Waals surface area contributed by atoms with Crippen molar-refractivity contribution in [2.24, 2.45) is 46.3 Å². The number of carbonyl (C=O) groups is 1. The molecule has 4 heteroatoms. The summed E-state index contributed by atoms with van der Waals surface area (Å²) in [6, 6.07) is 0. The van der Waals surface area contributed by atoms with Crippen LogP contribution in [-0.2, 0) is 9.22 Å². The molecule has 0 heterocycles. The van der Waals surface area contributed by atoms with E-state index >= 15 is 0 Å². The SMILES string of the molecule is C[C@H](CO[Si](C)(C)C(C)(C)C)[C@H]1CC[C@H]2[C@@H]3[C@H](O)C[C@H]4CC(=O)CC[C@]4(C)[C@H]3CC[C@]12C. The van der Waals surface area contributed by atoms with E-state index in [1.807, 2.05) is 0 Å². The molecular formula is C28H50O3Si. The number of aliphatic hydroxyl groups is 1. The summed E-state index contributed by atoms with van der Waals surface area (Å²) in [4.78, 5) is 12.2. The van der Waals surface area contributed by atoms with Gasteiger partial charge in [-0.25, -0.2) is 0 Å². The molecule has 0 aromatic heterocycles. The van der Waals surface area contributed by atoms with Crippen LogP contribution < -0.4 is 0 Å². The predicted octanol–water partition coefficient (Wildman–Crippen LogP) is 6.84. The van der Waals surface area contributed by atoms with Crippen LogP contribution in [0.15, 0.2) is 0 Å². The fourth-order valence-electron chi connectivity index (χ4n) is 8.66. The molecule has 184 valence electrons. The van der Waals surface area contributed by atoms with Crippen molar-refractivity contribution in [3.05, 3.63) is 0 Å². The fourth-order valence-corrected chi connectivity index (χ4v) is 9.77. The summed E-state index contributed by atoms with van der Waals surface area (Å²) in [6.07, 6.45) is 8.24. The van der Waals surface area contributed by atoms with Gasteiger partial charge in [-0.3, -0.25) is 4.79 Å². The molecule has 0 unspecified atom stereocenters. The maximum Gasteiger partial charge on any atom is 0.191 e. The number of aliphatic hydroxyl groups excluding tert-OH is 1. The van der Waals surface area contributed by atoms with Crippen molar-refractivity contribution in [2.75, 3.05) is 6.61 Å². The first-order valence-corrected chi connectivity index (χ1v) is 16.5. The van der Waals surface area contributed by atoms with Crippen LogP contribution in [0.1, 0.15) is 92.9 Å². The van der Waals surface area contributed by atoms with Crippen LogP contribution in [0.4, 0.5) is 0 Å². The minimum absolute atomic E-state index is 0.217. The van der Waals surface area contributed by atoms with Crippen LogP contribution >= 0.6 is 0 Å². The molecule has 0 aromatic rings. The van der Waals surface area contributed by atoms with Crippen LogP contribution in [-0.4, -0.2) is 31.9 Å². The van der Waals surface area contributed by atoms with Crippen LogP contribution in [0.5, 0.6) is 0 Å². The smallest absolute Gasteiger partial charge is 0.191 e. The molecule has 32 heavy (non-hydrogen) atoms. The number of carbonyl (C=O) groups excluding carboxylic acids is 1. The molecule has 9 atom stereocenters. The van der Waals surface area contributed by atoms with Gasteiger partial charge in [0, 0.05) is 19.4 Å². The zero-order chi connectivity index (χ0) is 23.7. The summed E-state index contributed by atoms with van der Waals surface area (Å²) in [6.45, 7) is 20.1. The van der Waals surface area contributed by atoms with Crippen molar-refractivity contribution in [2.45, 2.75) is 117 Å². The molecule has 0 aromatic carbocycles. The second-order valence-electron chi connectivity index (χ2n) is 14.3. The standard InChI is InChI=1S/C28H50O3Si/c1-18(17-31-32(7,8)26(2,3)4)21-9-10-22-25-23(12-14-28(21,22)6)27(5)13-11-20(29)15-19(27)16-24(25)30/h18-19,21-25,30H,9-17H2,1-8H3/t18-,19-,21-,22+,23+,24-,25+,27+,28-/m1/s1. The minimum Gasteiger partial charge on any atom is -0.417 e. The highest BCUT2D eigenvalue weighted by Crippen LogP contribution is 2.68. The van der Waals surface area contributed by atoms with Crippen molar-refractivity contribution >= 4 is 14.1 Å². The lowest BCUT2D eigenvalue weighted by molar-refractivity contribution is -0.169. The lowest BCUT2D eigenvalue weighted by atomic mass is 9.44. The Morgan fingerprint density at radius 2 is 1.75 bits per heavy atom. The Hall–Kier alpha value is -0.193. The average molecular weight is 463 g/mol. The van der Waals surface area contributed by atoms with Crippen molar-refractivity contribution in [3.63, 3.8) is 0 Å². The van der Waals surface area contributed by atoms with Gasteiger partial charge in [0.25, 0.3) is 0 Å². The molecule has 4 aliphatic carbocycles. The molecule has 0 aliphatic heterocycles. The summed E-state index contributed by atoms with van der Waals surface area (Å²) in [5.74, 6) is 3.76. The summed E-state index contributed by atoms with van der Waals surface area (Å²) >= 11 is 0. The van der Waals surface area contributed by atoms with E-state index in [2.05, 4.69) is 54.6 Å². The Morgan fingerprint density at radius 3 is 2.41 bits per heavy atom. The monoisotopic (exact) mass is 462 g/mol. The largest absolute Gasteiger partial charge is 0.417 e. The van der Waals surface area contributed by atoms with Crippen molar-refractivity contribution < 1.29 is 14.3 Å². The van der Waals surface area contributed by atoms with Gasteiger partial charge < -0.3 is 9.53 Å². The van der Waals surface area contributed by atoms with E-state index in [1.54, 1.807) is 0 Å². The zero-order valence-electron chi connectivity index (χ0n) is 22.2. The second kappa shape index (κ2) is 8.19. The van der Waals surface area contributed by atoms with E-state index < -0.39 is 8.32 Å². The number of Topliss-reactive ketones (excluding diaryl/α,β-unsaturated/α-hetero) is 1. The number of hydrogen-bond donors (Lipinski definition) is 1. The molecule has 0 saturated heterocycles. The number of rotatable bonds is 4. The van der Waals surface area contributed by atoms with Gasteiger partial charge in [0.15, 0.2) is 8.32 Å². The first-order valence-electron chi connectivity index (χ1n) is 13.5. The minimum atomic E-state index is -1.73. The Bertz CT molecular complexity index is 727. The van der Waals surface area contributed by atoms with Gasteiger partial charge in [-0.1, -0.05) is 41.5 Å². The normalized spacial score (nSPS) is 45.7. The fraction of sp³-hybridized carbons (Fsp3) is 0.964. The lowest BCUT2D eigenvalue weighted by Crippen LogP contribution is -2.58. The van der Waals surface area contributed by atoms with Gasteiger partial charge in [0.1, 0.15) is 5.78 Å². The Balaban J connectivity index is 1.50. The molecule has 1 N–H and O–H groups in total. The molecule has 4 fully saturated rings. The lowest BCUT2D eigenvalue weighted by Gasteiger charge is -2.62. The van der Waals surface area contributed by atoms with Gasteiger partial charge in [-0.15, -0.1) is 0 Å². The van der Waals surface area contributed by atoms with E-state index in [-0.39, 0.29) is 16.6 Å². The highest BCUT2D eigenvalue weighted by atomic mass is 28.4. The molecule has 3 nitrogen and oxygen atoms in total. The van der Waals surface area contributed by atoms with E-state index in [4.69, 9.17) is 4.43 Å². The average Bonchev–Trinajstić information content (AvgIpc) is 3.04. The Morgan fingerprint density at radius 1 is 1.09 bits per heavy atom. The van der Waals surface area contributed by atoms with Crippen LogP contribution in [0, 0.1) is 46.3 Å². The maximum absolute atomic E-state index is 12.2. The number of hydrogen-bond acceptors (Lipinski definition) is 3. The second-order valence-corrected chi connectivity index (χ2v) is 19.1. The zero-order valence-corrected chi connectivity index (χ0v) is 23.2. The Labute approximate surface area is 198 Å². The van der Waals surface area contributed by atoms with Crippen molar-refractivity contribution in [3.8, 4) is 0 Å². The van der Waals surface area contributed by atoms with Crippen LogP contribution in [0.25, 0.3) is 0 Å². The van der Waals surface area contributed by atoms with Gasteiger partial charge >= 0.3 is 0 Å². The first-order chi connectivity index (χ1) is 14.7. The third kappa shape index (κ3) is 3.88. The molecular weight excluding hydrogens is 412 g/mol. The maximum atomic E-state index is 12.2. The highest BCUT2D eigenvalue weighted by Gasteiger charge is 2.63. The molecule has 4 saturated carbocycles. The Kier molecular flexibility index (Phi) is 6.38. The topological polar surface area (TPSA) is 46.5 Å². The molecule has 4 aliphatic rings. The third-order valence-electron chi connectivity index (χ3n) is 11.8. The first kappa shape index (κ1) is 24.9.